The molecule has 1 aromatic heterocycles. The fourth-order valence-corrected chi connectivity index (χ4v) is 2.76. The summed E-state index contributed by atoms with van der Waals surface area (Å²) in [7, 11) is 2.00. The number of hydrogen-bond donors (Lipinski definition) is 1. The first-order valence-electron chi connectivity index (χ1n) is 7.50. The molecule has 1 atom stereocenters. The SMILES string of the molecule is CCCNC(Cc1c(C)nn(C)c1C)c1ccc(Cl)cc1. The minimum Gasteiger partial charge on any atom is -0.310 e. The second-order valence-corrected chi connectivity index (χ2v) is 5.97. The minimum absolute atomic E-state index is 0.295. The fourth-order valence-electron chi connectivity index (χ4n) is 2.64. The van der Waals surface area contributed by atoms with E-state index in [4.69, 9.17) is 11.6 Å². The third-order valence-electron chi connectivity index (χ3n) is 3.98. The lowest BCUT2D eigenvalue weighted by atomic mass is 9.97. The summed E-state index contributed by atoms with van der Waals surface area (Å²) in [5.41, 5.74) is 4.97. The van der Waals surface area contributed by atoms with Gasteiger partial charge >= 0.3 is 0 Å². The molecule has 1 unspecified atom stereocenters. The van der Waals surface area contributed by atoms with Gasteiger partial charge in [-0.2, -0.15) is 5.10 Å². The Kier molecular flexibility index (Phi) is 5.43. The number of aromatic nitrogens is 2. The van der Waals surface area contributed by atoms with E-state index < -0.39 is 0 Å². The number of nitrogens with one attached hydrogen (secondary N) is 1. The molecule has 21 heavy (non-hydrogen) atoms. The molecule has 0 saturated carbocycles. The van der Waals surface area contributed by atoms with E-state index in [0.717, 1.165) is 30.1 Å². The molecule has 1 heterocycles. The molecule has 1 N–H and O–H groups in total. The van der Waals surface area contributed by atoms with Gasteiger partial charge in [-0.1, -0.05) is 30.7 Å². The number of aryl methyl sites for hydroxylation is 2. The van der Waals surface area contributed by atoms with Crippen LogP contribution in [-0.4, -0.2) is 16.3 Å². The topological polar surface area (TPSA) is 29.9 Å². The van der Waals surface area contributed by atoms with Crippen molar-refractivity contribution in [3.05, 3.63) is 51.8 Å². The zero-order chi connectivity index (χ0) is 15.4. The number of halogens is 1. The maximum absolute atomic E-state index is 6.00. The Morgan fingerprint density at radius 2 is 1.90 bits per heavy atom. The molecule has 0 amide bonds. The Morgan fingerprint density at radius 3 is 2.43 bits per heavy atom. The smallest absolute Gasteiger partial charge is 0.0629 e. The molecule has 0 bridgehead atoms. The number of benzene rings is 1. The quantitative estimate of drug-likeness (QED) is 0.875. The predicted octanol–water partition coefficient (Wildman–Crippen LogP) is 3.97. The van der Waals surface area contributed by atoms with E-state index in [9.17, 15) is 0 Å². The fraction of sp³-hybridized carbons (Fsp3) is 0.471. The van der Waals surface area contributed by atoms with Gasteiger partial charge in [-0.15, -0.1) is 0 Å². The third kappa shape index (κ3) is 3.86. The highest BCUT2D eigenvalue weighted by molar-refractivity contribution is 6.30. The highest BCUT2D eigenvalue weighted by Crippen LogP contribution is 2.24. The van der Waals surface area contributed by atoms with E-state index in [1.807, 2.05) is 23.9 Å². The maximum Gasteiger partial charge on any atom is 0.0629 e. The van der Waals surface area contributed by atoms with Gasteiger partial charge in [0, 0.05) is 23.8 Å². The monoisotopic (exact) mass is 305 g/mol. The van der Waals surface area contributed by atoms with Crippen molar-refractivity contribution in [3.63, 3.8) is 0 Å². The van der Waals surface area contributed by atoms with Crippen LogP contribution < -0.4 is 5.32 Å². The van der Waals surface area contributed by atoms with Crippen LogP contribution in [-0.2, 0) is 13.5 Å². The number of rotatable bonds is 6. The van der Waals surface area contributed by atoms with Crippen LogP contribution in [0.25, 0.3) is 0 Å². The molecule has 0 saturated heterocycles. The molecule has 0 radical (unpaired) electrons. The Morgan fingerprint density at radius 1 is 1.24 bits per heavy atom. The van der Waals surface area contributed by atoms with E-state index >= 15 is 0 Å². The Labute approximate surface area is 132 Å². The second-order valence-electron chi connectivity index (χ2n) is 5.54. The van der Waals surface area contributed by atoms with Gasteiger partial charge in [-0.05, 0) is 56.5 Å². The molecule has 4 heteroatoms. The Hall–Kier alpha value is -1.32. The van der Waals surface area contributed by atoms with Gasteiger partial charge in [-0.3, -0.25) is 4.68 Å². The highest BCUT2D eigenvalue weighted by atomic mass is 35.5. The molecule has 0 spiro atoms. The molecule has 2 rings (SSSR count). The maximum atomic E-state index is 6.00. The van der Waals surface area contributed by atoms with Crippen LogP contribution >= 0.6 is 11.6 Å². The Bertz CT molecular complexity index is 587. The van der Waals surface area contributed by atoms with Crippen molar-refractivity contribution in [2.45, 2.75) is 39.7 Å². The van der Waals surface area contributed by atoms with Crippen LogP contribution in [0.4, 0.5) is 0 Å². The molecule has 1 aromatic carbocycles. The van der Waals surface area contributed by atoms with Gasteiger partial charge in [0.2, 0.25) is 0 Å². The minimum atomic E-state index is 0.295. The summed E-state index contributed by atoms with van der Waals surface area (Å²) in [4.78, 5) is 0. The van der Waals surface area contributed by atoms with E-state index in [1.165, 1.54) is 16.8 Å². The molecule has 2 aromatic rings. The van der Waals surface area contributed by atoms with Crippen LogP contribution in [0.15, 0.2) is 24.3 Å². The third-order valence-corrected chi connectivity index (χ3v) is 4.23. The van der Waals surface area contributed by atoms with Crippen LogP contribution in [0.5, 0.6) is 0 Å². The summed E-state index contributed by atoms with van der Waals surface area (Å²) >= 11 is 6.00. The zero-order valence-electron chi connectivity index (χ0n) is 13.3. The first-order valence-corrected chi connectivity index (χ1v) is 7.88. The molecule has 0 aliphatic rings. The standard InChI is InChI=1S/C17H24ClN3/c1-5-10-19-17(14-6-8-15(18)9-7-14)11-16-12(2)20-21(4)13(16)3/h6-9,17,19H,5,10-11H2,1-4H3. The van der Waals surface area contributed by atoms with Crippen molar-refractivity contribution < 1.29 is 0 Å². The van der Waals surface area contributed by atoms with Crippen molar-refractivity contribution in [2.75, 3.05) is 6.54 Å². The van der Waals surface area contributed by atoms with E-state index in [2.05, 4.69) is 43.3 Å². The summed E-state index contributed by atoms with van der Waals surface area (Å²) in [6.07, 6.45) is 2.07. The van der Waals surface area contributed by atoms with Gasteiger partial charge in [0.05, 0.1) is 5.69 Å². The van der Waals surface area contributed by atoms with Crippen molar-refractivity contribution in [1.82, 2.24) is 15.1 Å². The van der Waals surface area contributed by atoms with Crippen molar-refractivity contribution >= 4 is 11.6 Å². The van der Waals surface area contributed by atoms with Crippen molar-refractivity contribution in [2.24, 2.45) is 7.05 Å². The predicted molar refractivity (Wildman–Crippen MR) is 88.9 cm³/mol. The summed E-state index contributed by atoms with van der Waals surface area (Å²) < 4.78 is 1.96. The number of nitrogens with zero attached hydrogens (tertiary/aromatic N) is 2. The first kappa shape index (κ1) is 16.1. The molecule has 0 aliphatic carbocycles. The van der Waals surface area contributed by atoms with E-state index in [1.54, 1.807) is 0 Å². The van der Waals surface area contributed by atoms with E-state index in [0.29, 0.717) is 6.04 Å². The Balaban J connectivity index is 2.25. The van der Waals surface area contributed by atoms with Gasteiger partial charge in [0.15, 0.2) is 0 Å². The van der Waals surface area contributed by atoms with Crippen LogP contribution in [0, 0.1) is 13.8 Å². The summed E-state index contributed by atoms with van der Waals surface area (Å²) in [5, 5.41) is 8.94. The zero-order valence-corrected chi connectivity index (χ0v) is 14.0. The van der Waals surface area contributed by atoms with Crippen molar-refractivity contribution in [3.8, 4) is 0 Å². The van der Waals surface area contributed by atoms with Gasteiger partial charge < -0.3 is 5.32 Å². The molecule has 0 aliphatic heterocycles. The van der Waals surface area contributed by atoms with Gasteiger partial charge in [0.1, 0.15) is 0 Å². The average Bonchev–Trinajstić information content (AvgIpc) is 2.70. The molecular weight excluding hydrogens is 282 g/mol. The summed E-state index contributed by atoms with van der Waals surface area (Å²) in [5.74, 6) is 0. The lowest BCUT2D eigenvalue weighted by Crippen LogP contribution is -2.24. The molecular formula is C17H24ClN3. The van der Waals surface area contributed by atoms with Crippen LogP contribution in [0.2, 0.25) is 5.02 Å². The number of hydrogen-bond acceptors (Lipinski definition) is 2. The summed E-state index contributed by atoms with van der Waals surface area (Å²) in [6, 6.07) is 8.43. The molecule has 114 valence electrons. The van der Waals surface area contributed by atoms with Crippen LogP contribution in [0.3, 0.4) is 0 Å². The lowest BCUT2D eigenvalue weighted by molar-refractivity contribution is 0.527. The molecule has 0 fully saturated rings. The van der Waals surface area contributed by atoms with Gasteiger partial charge in [-0.25, -0.2) is 0 Å². The highest BCUT2D eigenvalue weighted by Gasteiger charge is 2.17. The first-order chi connectivity index (χ1) is 10.0. The molecule has 3 nitrogen and oxygen atoms in total. The van der Waals surface area contributed by atoms with Gasteiger partial charge in [0.25, 0.3) is 0 Å². The average molecular weight is 306 g/mol. The van der Waals surface area contributed by atoms with Crippen LogP contribution in [0.1, 0.15) is 41.9 Å². The summed E-state index contributed by atoms with van der Waals surface area (Å²) in [6.45, 7) is 7.41. The normalized spacial score (nSPS) is 12.6. The largest absolute Gasteiger partial charge is 0.310 e. The van der Waals surface area contributed by atoms with Crippen molar-refractivity contribution in [1.29, 1.82) is 0 Å². The van der Waals surface area contributed by atoms with E-state index in [-0.39, 0.29) is 0 Å². The lowest BCUT2D eigenvalue weighted by Gasteiger charge is -2.19. The second kappa shape index (κ2) is 7.10.